The van der Waals surface area contributed by atoms with Crippen LogP contribution in [0.1, 0.15) is 12.0 Å². The molecule has 0 aliphatic rings. The molecule has 0 bridgehead atoms. The number of hydrogen-bond donors (Lipinski definition) is 0. The van der Waals surface area contributed by atoms with E-state index in [1.807, 2.05) is 0 Å². The second kappa shape index (κ2) is 3.76. The van der Waals surface area contributed by atoms with Gasteiger partial charge < -0.3 is 0 Å². The number of thiophene rings is 1. The molecule has 14 heavy (non-hydrogen) atoms. The summed E-state index contributed by atoms with van der Waals surface area (Å²) in [5, 5.41) is 3.14. The van der Waals surface area contributed by atoms with Gasteiger partial charge in [0.25, 0.3) is 6.43 Å². The zero-order valence-electron chi connectivity index (χ0n) is 6.73. The van der Waals surface area contributed by atoms with Crippen molar-refractivity contribution in [1.29, 1.82) is 0 Å². The molecule has 5 heteroatoms. The van der Waals surface area contributed by atoms with Crippen LogP contribution < -0.4 is 0 Å². The van der Waals surface area contributed by atoms with Gasteiger partial charge in [-0.3, -0.25) is 0 Å². The molecule has 1 aromatic carbocycles. The first kappa shape index (κ1) is 10.3. The van der Waals surface area contributed by atoms with E-state index in [9.17, 15) is 8.78 Å². The van der Waals surface area contributed by atoms with Crippen molar-refractivity contribution in [3.05, 3.63) is 32.6 Å². The fraction of sp³-hybridized carbons (Fsp3) is 0.111. The summed E-state index contributed by atoms with van der Waals surface area (Å²) in [7, 11) is 0. The summed E-state index contributed by atoms with van der Waals surface area (Å²) in [5.74, 6) is 0. The van der Waals surface area contributed by atoms with Gasteiger partial charge in [0.2, 0.25) is 0 Å². The Morgan fingerprint density at radius 1 is 1.36 bits per heavy atom. The Kier molecular flexibility index (Phi) is 2.77. The van der Waals surface area contributed by atoms with Gasteiger partial charge in [-0.05, 0) is 12.1 Å². The number of rotatable bonds is 1. The largest absolute Gasteiger partial charge is 0.263 e. The molecule has 2 rings (SSSR count). The molecule has 0 N–H and O–H groups in total. The average Bonchev–Trinajstić information content (AvgIpc) is 2.48. The van der Waals surface area contributed by atoms with E-state index >= 15 is 0 Å². The molecular formula is C9H4BrClF2S. The van der Waals surface area contributed by atoms with Gasteiger partial charge in [-0.1, -0.05) is 27.5 Å². The Bertz CT molecular complexity index is 481. The maximum Gasteiger partial charge on any atom is 0.263 e. The third kappa shape index (κ3) is 1.66. The molecule has 0 radical (unpaired) electrons. The minimum atomic E-state index is -2.45. The second-order valence-electron chi connectivity index (χ2n) is 2.76. The van der Waals surface area contributed by atoms with Gasteiger partial charge in [0.15, 0.2) is 0 Å². The van der Waals surface area contributed by atoms with Crippen molar-refractivity contribution in [2.45, 2.75) is 6.43 Å². The van der Waals surface area contributed by atoms with Crippen LogP contribution in [0.2, 0.25) is 5.02 Å². The fourth-order valence-electron chi connectivity index (χ4n) is 1.23. The summed E-state index contributed by atoms with van der Waals surface area (Å²) in [5.41, 5.74) is 0.0166. The minimum Gasteiger partial charge on any atom is -0.205 e. The fourth-order valence-corrected chi connectivity index (χ4v) is 3.45. The third-order valence-corrected chi connectivity index (χ3v) is 3.84. The molecule has 0 aliphatic heterocycles. The molecule has 0 saturated carbocycles. The molecule has 0 unspecified atom stereocenters. The van der Waals surface area contributed by atoms with E-state index in [4.69, 9.17) is 11.6 Å². The smallest absolute Gasteiger partial charge is 0.205 e. The van der Waals surface area contributed by atoms with E-state index in [1.54, 1.807) is 5.38 Å². The molecular weight excluding hydrogens is 294 g/mol. The van der Waals surface area contributed by atoms with Crippen LogP contribution in [0.3, 0.4) is 0 Å². The van der Waals surface area contributed by atoms with Crippen LogP contribution in [0.25, 0.3) is 10.1 Å². The molecule has 0 atom stereocenters. The number of hydrogen-bond acceptors (Lipinski definition) is 1. The Labute approximate surface area is 96.6 Å². The highest BCUT2D eigenvalue weighted by Crippen LogP contribution is 2.38. The first-order valence-corrected chi connectivity index (χ1v) is 5.79. The number of fused-ring (bicyclic) bond motifs is 1. The van der Waals surface area contributed by atoms with Crippen LogP contribution in [0, 0.1) is 0 Å². The maximum atomic E-state index is 12.4. The molecule has 1 heterocycles. The summed E-state index contributed by atoms with van der Waals surface area (Å²) < 4.78 is 26.3. The van der Waals surface area contributed by atoms with Crippen LogP contribution in [0.4, 0.5) is 8.78 Å². The standard InChI is InChI=1S/C9H4BrClF2S/c10-5-1-4(9(12)13)2-7-8(5)6(11)3-14-7/h1-3,9H. The van der Waals surface area contributed by atoms with Crippen molar-refractivity contribution >= 4 is 49.0 Å². The summed E-state index contributed by atoms with van der Waals surface area (Å²) in [6.45, 7) is 0. The van der Waals surface area contributed by atoms with Crippen molar-refractivity contribution in [1.82, 2.24) is 0 Å². The Balaban J connectivity index is 2.74. The molecule has 0 nitrogen and oxygen atoms in total. The number of halogens is 4. The summed E-state index contributed by atoms with van der Waals surface area (Å²) >= 11 is 10.5. The van der Waals surface area contributed by atoms with Crippen molar-refractivity contribution in [2.75, 3.05) is 0 Å². The zero-order valence-corrected chi connectivity index (χ0v) is 9.89. The van der Waals surface area contributed by atoms with E-state index in [1.165, 1.54) is 23.5 Å². The Morgan fingerprint density at radius 2 is 2.07 bits per heavy atom. The lowest BCUT2D eigenvalue weighted by atomic mass is 10.2. The quantitative estimate of drug-likeness (QED) is 0.674. The van der Waals surface area contributed by atoms with Crippen molar-refractivity contribution in [2.24, 2.45) is 0 Å². The van der Waals surface area contributed by atoms with E-state index in [0.717, 1.165) is 10.1 Å². The molecule has 1 aromatic heterocycles. The number of benzene rings is 1. The molecule has 2 aromatic rings. The number of alkyl halides is 2. The SMILES string of the molecule is FC(F)c1cc(Br)c2c(Cl)csc2c1. The maximum absolute atomic E-state index is 12.4. The summed E-state index contributed by atoms with van der Waals surface area (Å²) in [4.78, 5) is 0. The van der Waals surface area contributed by atoms with Crippen molar-refractivity contribution < 1.29 is 8.78 Å². The lowest BCUT2D eigenvalue weighted by molar-refractivity contribution is 0.151. The first-order chi connectivity index (χ1) is 6.59. The van der Waals surface area contributed by atoms with Crippen molar-refractivity contribution in [3.63, 3.8) is 0 Å². The summed E-state index contributed by atoms with van der Waals surface area (Å²) in [6, 6.07) is 2.88. The van der Waals surface area contributed by atoms with Crippen LogP contribution in [-0.4, -0.2) is 0 Å². The topological polar surface area (TPSA) is 0 Å². The Hall–Kier alpha value is -0.190. The zero-order chi connectivity index (χ0) is 10.3. The van der Waals surface area contributed by atoms with E-state index < -0.39 is 6.43 Å². The van der Waals surface area contributed by atoms with Gasteiger partial charge in [0.1, 0.15) is 0 Å². The molecule has 0 aliphatic carbocycles. The highest BCUT2D eigenvalue weighted by Gasteiger charge is 2.13. The third-order valence-electron chi connectivity index (χ3n) is 1.86. The lowest BCUT2D eigenvalue weighted by Crippen LogP contribution is -1.83. The highest BCUT2D eigenvalue weighted by atomic mass is 79.9. The predicted octanol–water partition coefficient (Wildman–Crippen LogP) is 5.25. The van der Waals surface area contributed by atoms with Crippen LogP contribution in [-0.2, 0) is 0 Å². The normalized spacial score (nSPS) is 11.5. The summed E-state index contributed by atoms with van der Waals surface area (Å²) in [6.07, 6.45) is -2.45. The monoisotopic (exact) mass is 296 g/mol. The van der Waals surface area contributed by atoms with Crippen LogP contribution in [0.15, 0.2) is 22.0 Å². The second-order valence-corrected chi connectivity index (χ2v) is 4.93. The predicted molar refractivity (Wildman–Crippen MR) is 59.5 cm³/mol. The highest BCUT2D eigenvalue weighted by molar-refractivity contribution is 9.10. The molecule has 0 amide bonds. The average molecular weight is 298 g/mol. The molecule has 0 spiro atoms. The lowest BCUT2D eigenvalue weighted by Gasteiger charge is -2.01. The van der Waals surface area contributed by atoms with Crippen LogP contribution >= 0.6 is 38.9 Å². The minimum absolute atomic E-state index is 0.0166. The molecule has 0 fully saturated rings. The van der Waals surface area contributed by atoms with Gasteiger partial charge in [-0.25, -0.2) is 8.78 Å². The Morgan fingerprint density at radius 3 is 2.71 bits per heavy atom. The van der Waals surface area contributed by atoms with Gasteiger partial charge in [0, 0.05) is 25.5 Å². The van der Waals surface area contributed by atoms with E-state index in [2.05, 4.69) is 15.9 Å². The van der Waals surface area contributed by atoms with Crippen molar-refractivity contribution in [3.8, 4) is 0 Å². The van der Waals surface area contributed by atoms with E-state index in [0.29, 0.717) is 9.50 Å². The van der Waals surface area contributed by atoms with Gasteiger partial charge in [-0.15, -0.1) is 11.3 Å². The van der Waals surface area contributed by atoms with Crippen LogP contribution in [0.5, 0.6) is 0 Å². The first-order valence-electron chi connectivity index (χ1n) is 3.74. The molecule has 74 valence electrons. The van der Waals surface area contributed by atoms with E-state index in [-0.39, 0.29) is 5.56 Å². The van der Waals surface area contributed by atoms with Gasteiger partial charge in [-0.2, -0.15) is 0 Å². The van der Waals surface area contributed by atoms with Gasteiger partial charge >= 0.3 is 0 Å². The molecule has 0 saturated heterocycles. The van der Waals surface area contributed by atoms with Gasteiger partial charge in [0.05, 0.1) is 5.02 Å².